The third-order valence-electron chi connectivity index (χ3n) is 3.98. The molecule has 1 aromatic heterocycles. The molecule has 1 fully saturated rings. The molecule has 0 saturated heterocycles. The molecule has 0 N–H and O–H groups in total. The van der Waals surface area contributed by atoms with Crippen LogP contribution in [0.1, 0.15) is 30.4 Å². The Morgan fingerprint density at radius 2 is 1.91 bits per heavy atom. The number of hydrogen-bond acceptors (Lipinski definition) is 2. The quantitative estimate of drug-likeness (QED) is 0.819. The van der Waals surface area contributed by atoms with Gasteiger partial charge in [0.05, 0.1) is 0 Å². The summed E-state index contributed by atoms with van der Waals surface area (Å²) in [5.41, 5.74) is 1.69. The van der Waals surface area contributed by atoms with Crippen LogP contribution >= 0.6 is 0 Å². The van der Waals surface area contributed by atoms with Gasteiger partial charge in [0.1, 0.15) is 5.82 Å². The lowest BCUT2D eigenvalue weighted by Crippen LogP contribution is -2.32. The zero-order valence-corrected chi connectivity index (χ0v) is 12.4. The summed E-state index contributed by atoms with van der Waals surface area (Å²) in [6, 6.07) is 10.9. The van der Waals surface area contributed by atoms with Gasteiger partial charge in [0.15, 0.2) is 0 Å². The van der Waals surface area contributed by atoms with E-state index in [1.165, 1.54) is 6.07 Å². The molecule has 1 aliphatic carbocycles. The van der Waals surface area contributed by atoms with Crippen LogP contribution in [0.3, 0.4) is 0 Å². The summed E-state index contributed by atoms with van der Waals surface area (Å²) in [5.74, 6) is -0.134. The zero-order chi connectivity index (χ0) is 15.4. The number of hydrogen-bond donors (Lipinski definition) is 0. The molecule has 1 aliphatic rings. The van der Waals surface area contributed by atoms with Crippen LogP contribution in [-0.4, -0.2) is 21.8 Å². The summed E-state index contributed by atoms with van der Waals surface area (Å²) in [6.07, 6.45) is 6.41. The molecule has 4 heteroatoms. The van der Waals surface area contributed by atoms with Crippen LogP contribution < -0.4 is 0 Å². The minimum Gasteiger partial charge on any atom is -0.335 e. The Balaban J connectivity index is 1.62. The third-order valence-corrected chi connectivity index (χ3v) is 3.98. The predicted octanol–water partition coefficient (Wildman–Crippen LogP) is 3.34. The van der Waals surface area contributed by atoms with Crippen molar-refractivity contribution in [1.29, 1.82) is 0 Å². The van der Waals surface area contributed by atoms with E-state index < -0.39 is 0 Å². The Labute approximate surface area is 129 Å². The molecular formula is C18H19FN2O. The van der Waals surface area contributed by atoms with Crippen LogP contribution in [0.25, 0.3) is 0 Å². The summed E-state index contributed by atoms with van der Waals surface area (Å²) < 4.78 is 13.6. The highest BCUT2D eigenvalue weighted by Crippen LogP contribution is 2.29. The first-order chi connectivity index (χ1) is 10.7. The van der Waals surface area contributed by atoms with Gasteiger partial charge in [-0.15, -0.1) is 0 Å². The minimum atomic E-state index is -0.234. The van der Waals surface area contributed by atoms with E-state index in [2.05, 4.69) is 4.98 Å². The topological polar surface area (TPSA) is 33.2 Å². The molecule has 0 unspecified atom stereocenters. The molecule has 114 valence electrons. The number of benzene rings is 1. The molecule has 3 nitrogen and oxygen atoms in total. The normalized spacial score (nSPS) is 13.9. The van der Waals surface area contributed by atoms with Crippen molar-refractivity contribution in [3.8, 4) is 0 Å². The van der Waals surface area contributed by atoms with E-state index in [1.54, 1.807) is 30.6 Å². The second kappa shape index (κ2) is 6.69. The van der Waals surface area contributed by atoms with Crippen molar-refractivity contribution < 1.29 is 9.18 Å². The van der Waals surface area contributed by atoms with Gasteiger partial charge in [-0.1, -0.05) is 18.2 Å². The fraction of sp³-hybridized carbons (Fsp3) is 0.333. The Morgan fingerprint density at radius 1 is 1.18 bits per heavy atom. The number of aryl methyl sites for hydroxylation is 1. The fourth-order valence-electron chi connectivity index (χ4n) is 2.58. The Kier molecular flexibility index (Phi) is 4.47. The smallest absolute Gasteiger partial charge is 0.223 e. The molecule has 1 aromatic carbocycles. The van der Waals surface area contributed by atoms with Gasteiger partial charge < -0.3 is 4.90 Å². The van der Waals surface area contributed by atoms with Crippen LogP contribution in [0.2, 0.25) is 0 Å². The molecule has 0 spiro atoms. The molecule has 1 saturated carbocycles. The van der Waals surface area contributed by atoms with Crippen LogP contribution in [0, 0.1) is 5.82 Å². The highest BCUT2D eigenvalue weighted by Gasteiger charge is 2.32. The first kappa shape index (κ1) is 14.7. The van der Waals surface area contributed by atoms with E-state index in [0.29, 0.717) is 31.0 Å². The number of halogens is 1. The van der Waals surface area contributed by atoms with E-state index >= 15 is 0 Å². The van der Waals surface area contributed by atoms with Crippen molar-refractivity contribution in [2.24, 2.45) is 0 Å². The first-order valence-corrected chi connectivity index (χ1v) is 7.66. The van der Waals surface area contributed by atoms with Gasteiger partial charge in [0.25, 0.3) is 0 Å². The zero-order valence-electron chi connectivity index (χ0n) is 12.4. The molecule has 0 radical (unpaired) electrons. The molecule has 0 atom stereocenters. The number of carbonyl (C=O) groups is 1. The van der Waals surface area contributed by atoms with Crippen molar-refractivity contribution in [2.45, 2.75) is 38.3 Å². The Morgan fingerprint density at radius 3 is 2.59 bits per heavy atom. The van der Waals surface area contributed by atoms with E-state index in [9.17, 15) is 9.18 Å². The van der Waals surface area contributed by atoms with Crippen LogP contribution in [0.4, 0.5) is 4.39 Å². The summed E-state index contributed by atoms with van der Waals surface area (Å²) in [4.78, 5) is 18.4. The van der Waals surface area contributed by atoms with Gasteiger partial charge in [-0.25, -0.2) is 4.39 Å². The second-order valence-corrected chi connectivity index (χ2v) is 5.70. The molecule has 1 amide bonds. The van der Waals surface area contributed by atoms with E-state index in [-0.39, 0.29) is 11.7 Å². The number of rotatable bonds is 6. The average Bonchev–Trinajstić information content (AvgIpc) is 3.37. The monoisotopic (exact) mass is 298 g/mol. The van der Waals surface area contributed by atoms with Crippen molar-refractivity contribution in [2.75, 3.05) is 0 Å². The third kappa shape index (κ3) is 3.70. The van der Waals surface area contributed by atoms with E-state index in [1.807, 2.05) is 17.0 Å². The molecule has 2 aromatic rings. The largest absolute Gasteiger partial charge is 0.335 e. The van der Waals surface area contributed by atoms with Gasteiger partial charge in [0, 0.05) is 31.4 Å². The van der Waals surface area contributed by atoms with E-state index in [4.69, 9.17) is 0 Å². The second-order valence-electron chi connectivity index (χ2n) is 5.70. The van der Waals surface area contributed by atoms with Crippen molar-refractivity contribution in [3.63, 3.8) is 0 Å². The lowest BCUT2D eigenvalue weighted by atomic mass is 10.1. The highest BCUT2D eigenvalue weighted by atomic mass is 19.1. The van der Waals surface area contributed by atoms with Gasteiger partial charge in [-0.2, -0.15) is 0 Å². The van der Waals surface area contributed by atoms with Crippen LogP contribution in [-0.2, 0) is 17.8 Å². The van der Waals surface area contributed by atoms with Gasteiger partial charge in [0.2, 0.25) is 5.91 Å². The lowest BCUT2D eigenvalue weighted by Gasteiger charge is -2.22. The van der Waals surface area contributed by atoms with Crippen molar-refractivity contribution >= 4 is 5.91 Å². The molecule has 0 bridgehead atoms. The predicted molar refractivity (Wildman–Crippen MR) is 82.5 cm³/mol. The Hall–Kier alpha value is -2.23. The maximum Gasteiger partial charge on any atom is 0.223 e. The van der Waals surface area contributed by atoms with Gasteiger partial charge in [-0.05, 0) is 48.6 Å². The standard InChI is InChI=1S/C18H19FN2O/c19-17-4-2-1-3-15(17)5-8-18(22)21(16-6-7-16)13-14-9-11-20-12-10-14/h1-4,9-12,16H,5-8,13H2. The SMILES string of the molecule is O=C(CCc1ccccc1F)N(Cc1ccncc1)C1CC1. The maximum atomic E-state index is 13.6. The number of amides is 1. The number of pyridine rings is 1. The summed E-state index contributed by atoms with van der Waals surface area (Å²) in [5, 5.41) is 0. The summed E-state index contributed by atoms with van der Waals surface area (Å²) in [6.45, 7) is 0.614. The Bertz CT molecular complexity index is 641. The van der Waals surface area contributed by atoms with Crippen molar-refractivity contribution in [3.05, 3.63) is 65.7 Å². The average molecular weight is 298 g/mol. The maximum absolute atomic E-state index is 13.6. The lowest BCUT2D eigenvalue weighted by molar-refractivity contribution is -0.132. The fourth-order valence-corrected chi connectivity index (χ4v) is 2.58. The van der Waals surface area contributed by atoms with Gasteiger partial charge >= 0.3 is 0 Å². The van der Waals surface area contributed by atoms with Gasteiger partial charge in [-0.3, -0.25) is 9.78 Å². The minimum absolute atomic E-state index is 0.0996. The van der Waals surface area contributed by atoms with Crippen LogP contribution in [0.5, 0.6) is 0 Å². The highest BCUT2D eigenvalue weighted by molar-refractivity contribution is 5.77. The number of carbonyl (C=O) groups excluding carboxylic acids is 1. The molecule has 1 heterocycles. The molecule has 22 heavy (non-hydrogen) atoms. The first-order valence-electron chi connectivity index (χ1n) is 7.66. The summed E-state index contributed by atoms with van der Waals surface area (Å²) >= 11 is 0. The number of aromatic nitrogens is 1. The number of nitrogens with zero attached hydrogens (tertiary/aromatic N) is 2. The summed E-state index contributed by atoms with van der Waals surface area (Å²) in [7, 11) is 0. The van der Waals surface area contributed by atoms with E-state index in [0.717, 1.165) is 18.4 Å². The van der Waals surface area contributed by atoms with Crippen LogP contribution in [0.15, 0.2) is 48.8 Å². The molecule has 3 rings (SSSR count). The van der Waals surface area contributed by atoms with Crippen molar-refractivity contribution in [1.82, 2.24) is 9.88 Å². The molecular weight excluding hydrogens is 279 g/mol. The molecule has 0 aliphatic heterocycles.